The molecule has 0 spiro atoms. The minimum Gasteiger partial charge on any atom is -0.453 e. The van der Waals surface area contributed by atoms with Crippen molar-refractivity contribution in [2.75, 3.05) is 6.61 Å². The minimum absolute atomic E-state index is 0.180. The van der Waals surface area contributed by atoms with Crippen LogP contribution in [-0.2, 0) is 27.4 Å². The van der Waals surface area contributed by atoms with E-state index in [0.29, 0.717) is 30.7 Å². The Morgan fingerprint density at radius 2 is 1.53 bits per heavy atom. The van der Waals surface area contributed by atoms with Crippen molar-refractivity contribution in [2.24, 2.45) is 0 Å². The van der Waals surface area contributed by atoms with Gasteiger partial charge in [0.2, 0.25) is 0 Å². The van der Waals surface area contributed by atoms with Crippen LogP contribution < -0.4 is 10.3 Å². The summed E-state index contributed by atoms with van der Waals surface area (Å²) in [5.74, 6) is 0. The Bertz CT molecular complexity index is 1340. The van der Waals surface area contributed by atoms with Crippen LogP contribution in [0.4, 0.5) is 0 Å². The van der Waals surface area contributed by atoms with E-state index >= 15 is 0 Å². The molecule has 4 atom stereocenters. The zero-order chi connectivity index (χ0) is 22.9. The summed E-state index contributed by atoms with van der Waals surface area (Å²) in [7, 11) is 0. The number of para-hydroxylation sites is 1. The van der Waals surface area contributed by atoms with E-state index in [1.807, 2.05) is 72.8 Å². The summed E-state index contributed by atoms with van der Waals surface area (Å²) >= 11 is 0. The molecule has 0 saturated carbocycles. The fraction of sp³-hybridized carbons (Fsp3) is 0.259. The third kappa shape index (κ3) is 3.88. The first-order valence-corrected chi connectivity index (χ1v) is 11.4. The minimum atomic E-state index is -0.620. The Morgan fingerprint density at radius 3 is 2.29 bits per heavy atom. The first-order chi connectivity index (χ1) is 16.8. The average molecular weight is 456 g/mol. The van der Waals surface area contributed by atoms with E-state index < -0.39 is 24.5 Å². The van der Waals surface area contributed by atoms with E-state index in [0.717, 1.165) is 11.1 Å². The van der Waals surface area contributed by atoms with Gasteiger partial charge < -0.3 is 18.9 Å². The number of hydrogen-bond acceptors (Lipinski definition) is 6. The van der Waals surface area contributed by atoms with Crippen molar-refractivity contribution in [3.63, 3.8) is 0 Å². The SMILES string of the molecule is O=c1c2ccccc2nc2n1[C@H]1O[C@@H](COCc3ccccc3)[C@H](OCc3ccccc3)[C@H]1O2. The van der Waals surface area contributed by atoms with Gasteiger partial charge in [0.1, 0.15) is 12.2 Å². The van der Waals surface area contributed by atoms with Gasteiger partial charge in [-0.1, -0.05) is 72.8 Å². The molecule has 2 aliphatic rings. The summed E-state index contributed by atoms with van der Waals surface area (Å²) in [5, 5.41) is 0.532. The zero-order valence-electron chi connectivity index (χ0n) is 18.4. The lowest BCUT2D eigenvalue weighted by Crippen LogP contribution is -2.38. The summed E-state index contributed by atoms with van der Waals surface area (Å²) in [6.07, 6.45) is -1.93. The van der Waals surface area contributed by atoms with Crippen LogP contribution >= 0.6 is 0 Å². The average Bonchev–Trinajstić information content (AvgIpc) is 3.39. The van der Waals surface area contributed by atoms with Crippen LogP contribution in [0.3, 0.4) is 0 Å². The first-order valence-electron chi connectivity index (χ1n) is 11.4. The van der Waals surface area contributed by atoms with Crippen molar-refractivity contribution < 1.29 is 18.9 Å². The van der Waals surface area contributed by atoms with Crippen LogP contribution in [0.2, 0.25) is 0 Å². The predicted octanol–water partition coefficient (Wildman–Crippen LogP) is 3.86. The van der Waals surface area contributed by atoms with Gasteiger partial charge in [-0.3, -0.25) is 4.79 Å². The molecule has 0 aliphatic carbocycles. The van der Waals surface area contributed by atoms with Gasteiger partial charge in [-0.2, -0.15) is 4.98 Å². The highest BCUT2D eigenvalue weighted by Gasteiger charge is 2.53. The maximum Gasteiger partial charge on any atom is 0.302 e. The zero-order valence-corrected chi connectivity index (χ0v) is 18.4. The highest BCUT2D eigenvalue weighted by Crippen LogP contribution is 2.40. The molecule has 7 heteroatoms. The molecular weight excluding hydrogens is 432 g/mol. The number of fused-ring (bicyclic) bond motifs is 4. The third-order valence-electron chi connectivity index (χ3n) is 6.24. The van der Waals surface area contributed by atoms with Gasteiger partial charge in [0.15, 0.2) is 12.3 Å². The molecule has 0 N–H and O–H groups in total. The number of hydrogen-bond donors (Lipinski definition) is 0. The number of rotatable bonds is 7. The number of nitrogens with zero attached hydrogens (tertiary/aromatic N) is 2. The van der Waals surface area contributed by atoms with Crippen molar-refractivity contribution in [1.82, 2.24) is 9.55 Å². The predicted molar refractivity (Wildman–Crippen MR) is 125 cm³/mol. The lowest BCUT2D eigenvalue weighted by molar-refractivity contribution is -0.0864. The van der Waals surface area contributed by atoms with Crippen molar-refractivity contribution >= 4 is 10.9 Å². The summed E-state index contributed by atoms with van der Waals surface area (Å²) in [6, 6.07) is 27.4. The monoisotopic (exact) mass is 456 g/mol. The van der Waals surface area contributed by atoms with Crippen LogP contribution in [-0.4, -0.2) is 34.5 Å². The van der Waals surface area contributed by atoms with E-state index in [9.17, 15) is 4.79 Å². The summed E-state index contributed by atoms with van der Waals surface area (Å²) in [5.41, 5.74) is 2.55. The normalized spacial score (nSPS) is 22.9. The molecule has 3 heterocycles. The molecule has 6 rings (SSSR count). The summed E-state index contributed by atoms with van der Waals surface area (Å²) in [4.78, 5) is 17.8. The molecule has 1 saturated heterocycles. The maximum atomic E-state index is 13.2. The van der Waals surface area contributed by atoms with Crippen LogP contribution in [0.25, 0.3) is 10.9 Å². The molecule has 34 heavy (non-hydrogen) atoms. The van der Waals surface area contributed by atoms with Crippen molar-refractivity contribution in [3.05, 3.63) is 106 Å². The Kier molecular flexibility index (Phi) is 5.58. The molecule has 0 bridgehead atoms. The molecule has 172 valence electrons. The Labute approximate surface area is 196 Å². The molecule has 3 aromatic carbocycles. The molecular formula is C27H24N2O5. The molecule has 7 nitrogen and oxygen atoms in total. The summed E-state index contributed by atoms with van der Waals surface area (Å²) in [6.45, 7) is 1.18. The molecule has 1 fully saturated rings. The molecule has 0 radical (unpaired) electrons. The Balaban J connectivity index is 1.26. The molecule has 2 aliphatic heterocycles. The number of ether oxygens (including phenoxy) is 4. The van der Waals surface area contributed by atoms with Crippen molar-refractivity contribution in [3.8, 4) is 6.01 Å². The third-order valence-corrected chi connectivity index (χ3v) is 6.24. The van der Waals surface area contributed by atoms with Gasteiger partial charge in [0.05, 0.1) is 30.7 Å². The highest BCUT2D eigenvalue weighted by atomic mass is 16.6. The standard InChI is InChI=1S/C27H24N2O5/c30-25-20-13-7-8-14-21(20)28-27-29(25)26-24(34-27)23(32-16-19-11-5-2-6-12-19)22(33-26)17-31-15-18-9-3-1-4-10-18/h1-14,22-24,26H,15-17H2/t22-,23-,24+,26-/m0/s1. The van der Waals surface area contributed by atoms with Crippen molar-refractivity contribution in [1.29, 1.82) is 0 Å². The summed E-state index contributed by atoms with van der Waals surface area (Å²) < 4.78 is 26.3. The first kappa shape index (κ1) is 21.0. The molecule has 0 amide bonds. The van der Waals surface area contributed by atoms with Crippen molar-refractivity contribution in [2.45, 2.75) is 37.8 Å². The Morgan fingerprint density at radius 1 is 0.853 bits per heavy atom. The fourth-order valence-electron chi connectivity index (χ4n) is 4.57. The van der Waals surface area contributed by atoms with E-state index in [1.54, 1.807) is 12.1 Å². The van der Waals surface area contributed by atoms with E-state index in [2.05, 4.69) is 4.98 Å². The number of aromatic nitrogens is 2. The lowest BCUT2D eigenvalue weighted by atomic mass is 10.1. The van der Waals surface area contributed by atoms with E-state index in [1.165, 1.54) is 4.57 Å². The van der Waals surface area contributed by atoms with Crippen LogP contribution in [0.5, 0.6) is 6.01 Å². The van der Waals surface area contributed by atoms with Gasteiger partial charge in [-0.15, -0.1) is 0 Å². The van der Waals surface area contributed by atoms with E-state index in [4.69, 9.17) is 18.9 Å². The van der Waals surface area contributed by atoms with Gasteiger partial charge in [0, 0.05) is 0 Å². The smallest absolute Gasteiger partial charge is 0.302 e. The quantitative estimate of drug-likeness (QED) is 0.421. The highest BCUT2D eigenvalue weighted by molar-refractivity contribution is 5.77. The number of benzene rings is 3. The topological polar surface area (TPSA) is 71.8 Å². The second kappa shape index (κ2) is 9.02. The van der Waals surface area contributed by atoms with Gasteiger partial charge in [-0.25, -0.2) is 4.57 Å². The second-order valence-corrected chi connectivity index (χ2v) is 8.50. The largest absolute Gasteiger partial charge is 0.453 e. The van der Waals surface area contributed by atoms with Crippen LogP contribution in [0.1, 0.15) is 17.4 Å². The van der Waals surface area contributed by atoms with Crippen LogP contribution in [0, 0.1) is 0 Å². The fourth-order valence-corrected chi connectivity index (χ4v) is 4.57. The van der Waals surface area contributed by atoms with Gasteiger partial charge in [-0.05, 0) is 23.3 Å². The molecule has 4 aromatic rings. The maximum absolute atomic E-state index is 13.2. The molecule has 0 unspecified atom stereocenters. The van der Waals surface area contributed by atoms with Gasteiger partial charge in [0.25, 0.3) is 5.56 Å². The van der Waals surface area contributed by atoms with Crippen LogP contribution in [0.15, 0.2) is 89.7 Å². The van der Waals surface area contributed by atoms with Gasteiger partial charge >= 0.3 is 6.01 Å². The Hall–Kier alpha value is -3.52. The van der Waals surface area contributed by atoms with E-state index in [-0.39, 0.29) is 11.6 Å². The lowest BCUT2D eigenvalue weighted by Gasteiger charge is -2.22. The molecule has 1 aromatic heterocycles. The second-order valence-electron chi connectivity index (χ2n) is 8.50.